The summed E-state index contributed by atoms with van der Waals surface area (Å²) in [6, 6.07) is 17.1. The summed E-state index contributed by atoms with van der Waals surface area (Å²) in [5.41, 5.74) is 1.56. The molecule has 4 heteroatoms. The molecule has 3 nitrogen and oxygen atoms in total. The fourth-order valence-electron chi connectivity index (χ4n) is 3.47. The Bertz CT molecular complexity index is 718. The van der Waals surface area contributed by atoms with Gasteiger partial charge in [0.1, 0.15) is 0 Å². The van der Waals surface area contributed by atoms with E-state index < -0.39 is 4.93 Å². The van der Waals surface area contributed by atoms with Crippen LogP contribution in [-0.4, -0.2) is 28.5 Å². The van der Waals surface area contributed by atoms with Crippen LogP contribution in [0.2, 0.25) is 0 Å². The second-order valence-corrected chi connectivity index (χ2v) is 7.08. The lowest BCUT2D eigenvalue weighted by Crippen LogP contribution is -2.46. The molecule has 1 amide bonds. The van der Waals surface area contributed by atoms with E-state index in [1.807, 2.05) is 59.5 Å². The normalized spacial score (nSPS) is 27.2. The molecule has 0 radical (unpaired) electrons. The number of hydrogen-bond acceptors (Lipinski definition) is 3. The first-order chi connectivity index (χ1) is 10.7. The molecule has 2 aliphatic heterocycles. The van der Waals surface area contributed by atoms with Crippen LogP contribution in [0.3, 0.4) is 0 Å². The molecule has 1 fully saturated rings. The highest BCUT2D eigenvalue weighted by Gasteiger charge is 2.49. The van der Waals surface area contributed by atoms with Gasteiger partial charge < -0.3 is 10.0 Å². The van der Waals surface area contributed by atoms with Crippen LogP contribution in [0.15, 0.2) is 59.5 Å². The van der Waals surface area contributed by atoms with Gasteiger partial charge >= 0.3 is 0 Å². The Labute approximate surface area is 134 Å². The Kier molecular flexibility index (Phi) is 3.24. The van der Waals surface area contributed by atoms with E-state index in [1.165, 1.54) is 11.8 Å². The summed E-state index contributed by atoms with van der Waals surface area (Å²) in [6.45, 7) is 0.716. The van der Waals surface area contributed by atoms with Gasteiger partial charge in [-0.3, -0.25) is 4.79 Å². The number of carbonyl (C=O) groups excluding carboxylic acids is 1. The number of amides is 1. The van der Waals surface area contributed by atoms with Crippen LogP contribution in [-0.2, 0) is 4.93 Å². The quantitative estimate of drug-likeness (QED) is 0.879. The summed E-state index contributed by atoms with van der Waals surface area (Å²) < 4.78 is 0. The molecule has 1 saturated heterocycles. The minimum absolute atomic E-state index is 0.0393. The molecule has 0 aromatic heterocycles. The van der Waals surface area contributed by atoms with Crippen molar-refractivity contribution in [3.63, 3.8) is 0 Å². The standard InChI is InChI=1S/C18H17NO2S/c20-17-14-9-4-5-10-15(14)22-18(21,13-7-2-1-3-8-13)16-11-6-12-19(16)17/h1-5,7-10,16,21H,6,11-12H2. The molecule has 2 aromatic carbocycles. The second-order valence-electron chi connectivity index (χ2n) is 5.82. The Morgan fingerprint density at radius 1 is 1.09 bits per heavy atom. The maximum atomic E-state index is 12.8. The minimum Gasteiger partial charge on any atom is -0.373 e. The third-order valence-corrected chi connectivity index (χ3v) is 5.93. The smallest absolute Gasteiger partial charge is 0.255 e. The highest BCUT2D eigenvalue weighted by molar-refractivity contribution is 8.00. The number of hydrogen-bond donors (Lipinski definition) is 1. The van der Waals surface area contributed by atoms with Crippen LogP contribution in [0.5, 0.6) is 0 Å². The lowest BCUT2D eigenvalue weighted by molar-refractivity contribution is 0.0342. The first kappa shape index (κ1) is 13.9. The highest BCUT2D eigenvalue weighted by atomic mass is 32.2. The molecule has 22 heavy (non-hydrogen) atoms. The van der Waals surface area contributed by atoms with E-state index in [-0.39, 0.29) is 11.9 Å². The van der Waals surface area contributed by atoms with Gasteiger partial charge in [0, 0.05) is 11.4 Å². The van der Waals surface area contributed by atoms with Crippen LogP contribution in [0.4, 0.5) is 0 Å². The van der Waals surface area contributed by atoms with Crippen molar-refractivity contribution in [2.75, 3.05) is 6.54 Å². The lowest BCUT2D eigenvalue weighted by atomic mass is 9.99. The molecule has 2 aliphatic rings. The van der Waals surface area contributed by atoms with Crippen LogP contribution in [0.25, 0.3) is 0 Å². The molecule has 2 aromatic rings. The molecular formula is C18H17NO2S. The fourth-order valence-corrected chi connectivity index (χ4v) is 4.85. The molecule has 0 saturated carbocycles. The van der Waals surface area contributed by atoms with Crippen molar-refractivity contribution < 1.29 is 9.90 Å². The summed E-state index contributed by atoms with van der Waals surface area (Å²) in [6.07, 6.45) is 1.77. The zero-order valence-electron chi connectivity index (χ0n) is 12.1. The third-order valence-electron chi connectivity index (χ3n) is 4.54. The molecule has 1 N–H and O–H groups in total. The average molecular weight is 311 g/mol. The van der Waals surface area contributed by atoms with Gasteiger partial charge in [0.05, 0.1) is 11.6 Å². The van der Waals surface area contributed by atoms with E-state index >= 15 is 0 Å². The van der Waals surface area contributed by atoms with E-state index in [1.54, 1.807) is 0 Å². The minimum atomic E-state index is -1.10. The van der Waals surface area contributed by atoms with Crippen molar-refractivity contribution in [2.45, 2.75) is 28.7 Å². The van der Waals surface area contributed by atoms with Gasteiger partial charge in [0.2, 0.25) is 0 Å². The number of aliphatic hydroxyl groups is 1. The van der Waals surface area contributed by atoms with Gasteiger partial charge in [-0.1, -0.05) is 54.2 Å². The molecule has 2 heterocycles. The molecule has 2 atom stereocenters. The van der Waals surface area contributed by atoms with Crippen molar-refractivity contribution in [1.82, 2.24) is 4.90 Å². The largest absolute Gasteiger partial charge is 0.373 e. The molecular weight excluding hydrogens is 294 g/mol. The zero-order valence-corrected chi connectivity index (χ0v) is 12.9. The van der Waals surface area contributed by atoms with Gasteiger partial charge in [-0.05, 0) is 30.5 Å². The van der Waals surface area contributed by atoms with Gasteiger partial charge in [-0.15, -0.1) is 0 Å². The van der Waals surface area contributed by atoms with Crippen molar-refractivity contribution in [3.8, 4) is 0 Å². The summed E-state index contributed by atoms with van der Waals surface area (Å²) in [5.74, 6) is 0.0393. The highest BCUT2D eigenvalue weighted by Crippen LogP contribution is 2.50. The second kappa shape index (κ2) is 5.14. The Morgan fingerprint density at radius 2 is 1.82 bits per heavy atom. The molecule has 2 unspecified atom stereocenters. The fraction of sp³-hybridized carbons (Fsp3) is 0.278. The Balaban J connectivity index is 1.90. The number of thioether (sulfide) groups is 1. The van der Waals surface area contributed by atoms with Crippen LogP contribution >= 0.6 is 11.8 Å². The third kappa shape index (κ3) is 1.98. The summed E-state index contributed by atoms with van der Waals surface area (Å²) in [4.78, 5) is 14.4. The summed E-state index contributed by atoms with van der Waals surface area (Å²) >= 11 is 1.41. The average Bonchev–Trinajstić information content (AvgIpc) is 3.03. The predicted molar refractivity (Wildman–Crippen MR) is 86.7 cm³/mol. The number of carbonyl (C=O) groups is 1. The zero-order chi connectivity index (χ0) is 15.2. The molecule has 112 valence electrons. The molecule has 4 rings (SSSR count). The van der Waals surface area contributed by atoms with E-state index in [9.17, 15) is 9.90 Å². The van der Waals surface area contributed by atoms with Crippen LogP contribution in [0.1, 0.15) is 28.8 Å². The van der Waals surface area contributed by atoms with Gasteiger partial charge in [-0.2, -0.15) is 0 Å². The van der Waals surface area contributed by atoms with Crippen molar-refractivity contribution in [1.29, 1.82) is 0 Å². The number of benzene rings is 2. The van der Waals surface area contributed by atoms with Gasteiger partial charge in [0.25, 0.3) is 5.91 Å². The van der Waals surface area contributed by atoms with E-state index in [0.717, 1.165) is 23.3 Å². The van der Waals surface area contributed by atoms with Crippen molar-refractivity contribution in [3.05, 3.63) is 65.7 Å². The molecule has 0 spiro atoms. The van der Waals surface area contributed by atoms with E-state index in [4.69, 9.17) is 0 Å². The molecule has 0 aliphatic carbocycles. The summed E-state index contributed by atoms with van der Waals surface area (Å²) in [5, 5.41) is 11.5. The van der Waals surface area contributed by atoms with Crippen molar-refractivity contribution >= 4 is 17.7 Å². The number of nitrogens with zero attached hydrogens (tertiary/aromatic N) is 1. The van der Waals surface area contributed by atoms with Gasteiger partial charge in [-0.25, -0.2) is 0 Å². The maximum Gasteiger partial charge on any atom is 0.255 e. The van der Waals surface area contributed by atoms with E-state index in [0.29, 0.717) is 12.1 Å². The summed E-state index contributed by atoms with van der Waals surface area (Å²) in [7, 11) is 0. The molecule has 0 bridgehead atoms. The first-order valence-corrected chi connectivity index (χ1v) is 8.39. The first-order valence-electron chi connectivity index (χ1n) is 7.57. The van der Waals surface area contributed by atoms with Crippen LogP contribution in [0, 0.1) is 0 Å². The Morgan fingerprint density at radius 3 is 2.64 bits per heavy atom. The van der Waals surface area contributed by atoms with Crippen LogP contribution < -0.4 is 0 Å². The number of fused-ring (bicyclic) bond motifs is 2. The number of rotatable bonds is 1. The van der Waals surface area contributed by atoms with Gasteiger partial charge in [0.15, 0.2) is 4.93 Å². The monoisotopic (exact) mass is 311 g/mol. The predicted octanol–water partition coefficient (Wildman–Crippen LogP) is 3.24. The lowest BCUT2D eigenvalue weighted by Gasteiger charge is -2.36. The van der Waals surface area contributed by atoms with Crippen molar-refractivity contribution in [2.24, 2.45) is 0 Å². The van der Waals surface area contributed by atoms with E-state index in [2.05, 4.69) is 0 Å². The SMILES string of the molecule is O=C1c2ccccc2SC(O)(c2ccccc2)C2CCCN12. The maximum absolute atomic E-state index is 12.8. The topological polar surface area (TPSA) is 40.5 Å². The Hall–Kier alpha value is -1.78.